The zero-order valence-electron chi connectivity index (χ0n) is 5.76. The molecule has 1 N–H and O–H groups in total. The first-order chi connectivity index (χ1) is 4.18. The maximum atomic E-state index is 10.2. The first-order valence-corrected chi connectivity index (χ1v) is 4.29. The Bertz CT molecular complexity index is 105. The standard InChI is InChI=1S/C6H12O2S.4H2/c1-5(6(7)8)3-4-9-2;;;;/h5H,3-4H2,1-2H3,(H,7,8);4*1H/t5-;;;;/m1..../s1. The van der Waals surface area contributed by atoms with Gasteiger partial charge in [0.25, 0.3) is 0 Å². The summed E-state index contributed by atoms with van der Waals surface area (Å²) in [5.74, 6) is 0.0644. The van der Waals surface area contributed by atoms with E-state index in [1.54, 1.807) is 18.7 Å². The molecule has 0 radical (unpaired) electrons. The molecule has 0 amide bonds. The van der Waals surface area contributed by atoms with E-state index in [2.05, 4.69) is 0 Å². The quantitative estimate of drug-likeness (QED) is 0.679. The number of rotatable bonds is 4. The fraction of sp³-hybridized carbons (Fsp3) is 0.833. The van der Waals surface area contributed by atoms with Crippen LogP contribution in [-0.4, -0.2) is 23.1 Å². The molecule has 0 saturated heterocycles. The maximum Gasteiger partial charge on any atom is 0.306 e. The van der Waals surface area contributed by atoms with Crippen LogP contribution in [0.5, 0.6) is 0 Å². The van der Waals surface area contributed by atoms with Gasteiger partial charge in [-0.25, -0.2) is 0 Å². The van der Waals surface area contributed by atoms with E-state index in [0.29, 0.717) is 0 Å². The van der Waals surface area contributed by atoms with E-state index in [4.69, 9.17) is 5.11 Å². The lowest BCUT2D eigenvalue weighted by atomic mass is 10.1. The molecule has 0 aliphatic carbocycles. The smallest absolute Gasteiger partial charge is 0.306 e. The van der Waals surface area contributed by atoms with Crippen molar-refractivity contribution in [3.8, 4) is 0 Å². The van der Waals surface area contributed by atoms with Gasteiger partial charge in [0.15, 0.2) is 0 Å². The molecule has 0 unspecified atom stereocenters. The lowest BCUT2D eigenvalue weighted by Crippen LogP contribution is -2.09. The van der Waals surface area contributed by atoms with Crippen molar-refractivity contribution in [2.45, 2.75) is 13.3 Å². The van der Waals surface area contributed by atoms with Crippen molar-refractivity contribution in [1.82, 2.24) is 0 Å². The molecule has 0 heterocycles. The minimum Gasteiger partial charge on any atom is -0.481 e. The second kappa shape index (κ2) is 4.68. The van der Waals surface area contributed by atoms with E-state index in [-0.39, 0.29) is 11.6 Å². The number of hydrogen-bond acceptors (Lipinski definition) is 2. The van der Waals surface area contributed by atoms with E-state index >= 15 is 0 Å². The molecule has 0 rings (SSSR count). The Morgan fingerprint density at radius 3 is 2.78 bits per heavy atom. The average Bonchev–Trinajstić information content (AvgIpc) is 1.82. The molecular formula is C6H20O2S. The Balaban J connectivity index is -0.0000000533. The average molecular weight is 156 g/mol. The van der Waals surface area contributed by atoms with Crippen LogP contribution in [0.1, 0.15) is 19.1 Å². The van der Waals surface area contributed by atoms with Crippen molar-refractivity contribution in [2.24, 2.45) is 5.92 Å². The van der Waals surface area contributed by atoms with Crippen LogP contribution in [0.15, 0.2) is 0 Å². The van der Waals surface area contributed by atoms with E-state index in [1.807, 2.05) is 6.26 Å². The van der Waals surface area contributed by atoms with Crippen LogP contribution in [0.2, 0.25) is 0 Å². The number of carboxylic acids is 1. The lowest BCUT2D eigenvalue weighted by molar-refractivity contribution is -0.141. The van der Waals surface area contributed by atoms with Crippen LogP contribution < -0.4 is 0 Å². The molecule has 3 heteroatoms. The van der Waals surface area contributed by atoms with Crippen molar-refractivity contribution in [3.63, 3.8) is 0 Å². The van der Waals surface area contributed by atoms with E-state index in [9.17, 15) is 4.79 Å². The third-order valence-corrected chi connectivity index (χ3v) is 1.82. The van der Waals surface area contributed by atoms with E-state index < -0.39 is 5.97 Å². The van der Waals surface area contributed by atoms with Gasteiger partial charge in [-0.3, -0.25) is 4.79 Å². The van der Waals surface area contributed by atoms with Gasteiger partial charge < -0.3 is 5.11 Å². The Hall–Kier alpha value is -0.180. The Morgan fingerprint density at radius 2 is 2.44 bits per heavy atom. The monoisotopic (exact) mass is 156 g/mol. The minimum absolute atomic E-state index is 0. The van der Waals surface area contributed by atoms with Crippen LogP contribution in [0.25, 0.3) is 0 Å². The summed E-state index contributed by atoms with van der Waals surface area (Å²) >= 11 is 1.68. The zero-order chi connectivity index (χ0) is 7.28. The van der Waals surface area contributed by atoms with Gasteiger partial charge in [0, 0.05) is 5.71 Å². The van der Waals surface area contributed by atoms with Gasteiger partial charge in [-0.15, -0.1) is 0 Å². The molecule has 0 fully saturated rings. The number of aliphatic carboxylic acids is 1. The second-order valence-electron chi connectivity index (χ2n) is 2.02. The summed E-state index contributed by atoms with van der Waals surface area (Å²) in [6.45, 7) is 1.73. The van der Waals surface area contributed by atoms with Crippen molar-refractivity contribution >= 4 is 17.7 Å². The highest BCUT2D eigenvalue weighted by molar-refractivity contribution is 7.98. The number of hydrogen-bond donors (Lipinski definition) is 1. The molecule has 2 nitrogen and oxygen atoms in total. The van der Waals surface area contributed by atoms with Crippen LogP contribution in [0.3, 0.4) is 0 Å². The lowest BCUT2D eigenvalue weighted by Gasteiger charge is -2.01. The predicted octanol–water partition coefficient (Wildman–Crippen LogP) is 2.44. The number of carbonyl (C=O) groups is 1. The molecule has 9 heavy (non-hydrogen) atoms. The molecule has 0 saturated carbocycles. The van der Waals surface area contributed by atoms with Gasteiger partial charge in [-0.1, -0.05) is 6.92 Å². The largest absolute Gasteiger partial charge is 0.481 e. The summed E-state index contributed by atoms with van der Waals surface area (Å²) in [7, 11) is 0. The third kappa shape index (κ3) is 4.33. The molecule has 62 valence electrons. The third-order valence-electron chi connectivity index (χ3n) is 1.18. The molecule has 0 bridgehead atoms. The van der Waals surface area contributed by atoms with Crippen molar-refractivity contribution in [3.05, 3.63) is 0 Å². The zero-order valence-corrected chi connectivity index (χ0v) is 6.57. The van der Waals surface area contributed by atoms with Crippen LogP contribution in [0, 0.1) is 5.92 Å². The summed E-state index contributed by atoms with van der Waals surface area (Å²) in [5.41, 5.74) is 0. The van der Waals surface area contributed by atoms with Crippen molar-refractivity contribution in [1.29, 1.82) is 0 Å². The highest BCUT2D eigenvalue weighted by Crippen LogP contribution is 2.05. The van der Waals surface area contributed by atoms with Gasteiger partial charge >= 0.3 is 5.97 Å². The molecule has 0 spiro atoms. The Kier molecular flexibility index (Phi) is 4.58. The first kappa shape index (κ1) is 8.82. The van der Waals surface area contributed by atoms with Crippen LogP contribution >= 0.6 is 11.8 Å². The highest BCUT2D eigenvalue weighted by atomic mass is 32.2. The number of carboxylic acid groups (broad SMARTS) is 1. The molecule has 0 aliphatic heterocycles. The second-order valence-corrected chi connectivity index (χ2v) is 3.01. The van der Waals surface area contributed by atoms with Crippen LogP contribution in [-0.2, 0) is 4.79 Å². The molecule has 0 aliphatic rings. The fourth-order valence-corrected chi connectivity index (χ4v) is 1.01. The molecular weight excluding hydrogens is 136 g/mol. The minimum atomic E-state index is -0.691. The van der Waals surface area contributed by atoms with Crippen molar-refractivity contribution in [2.75, 3.05) is 12.0 Å². The highest BCUT2D eigenvalue weighted by Gasteiger charge is 2.08. The summed E-state index contributed by atoms with van der Waals surface area (Å²) in [4.78, 5) is 10.2. The SMILES string of the molecule is CSCC[C@@H](C)C(=O)O.[HH].[HH].[HH].[HH]. The summed E-state index contributed by atoms with van der Waals surface area (Å²) in [5, 5.41) is 8.40. The van der Waals surface area contributed by atoms with Gasteiger partial charge in [-0.2, -0.15) is 11.8 Å². The van der Waals surface area contributed by atoms with Crippen LogP contribution in [0.4, 0.5) is 0 Å². The molecule has 1 atom stereocenters. The maximum absolute atomic E-state index is 10.2. The molecule has 0 aromatic carbocycles. The topological polar surface area (TPSA) is 37.3 Å². The number of thioether (sulfide) groups is 1. The first-order valence-electron chi connectivity index (χ1n) is 2.90. The summed E-state index contributed by atoms with van der Waals surface area (Å²) < 4.78 is 0. The predicted molar refractivity (Wildman–Crippen MR) is 48.3 cm³/mol. The Morgan fingerprint density at radius 1 is 1.89 bits per heavy atom. The molecule has 0 aromatic heterocycles. The van der Waals surface area contributed by atoms with Gasteiger partial charge in [0.1, 0.15) is 0 Å². The van der Waals surface area contributed by atoms with E-state index in [1.165, 1.54) is 0 Å². The summed E-state index contributed by atoms with van der Waals surface area (Å²) in [6, 6.07) is 0. The Labute approximate surface area is 65.6 Å². The van der Waals surface area contributed by atoms with Gasteiger partial charge in [0.05, 0.1) is 5.92 Å². The van der Waals surface area contributed by atoms with Gasteiger partial charge in [-0.05, 0) is 18.4 Å². The van der Waals surface area contributed by atoms with Gasteiger partial charge in [0.2, 0.25) is 0 Å². The van der Waals surface area contributed by atoms with E-state index in [0.717, 1.165) is 12.2 Å². The summed E-state index contributed by atoms with van der Waals surface area (Å²) in [6.07, 6.45) is 2.76. The molecule has 0 aromatic rings. The fourth-order valence-electron chi connectivity index (χ4n) is 0.418. The van der Waals surface area contributed by atoms with Crippen molar-refractivity contribution < 1.29 is 15.6 Å². The normalized spacial score (nSPS) is 13.1.